The summed E-state index contributed by atoms with van der Waals surface area (Å²) in [5.41, 5.74) is 3.62. The normalized spacial score (nSPS) is 11.0. The van der Waals surface area contributed by atoms with Crippen LogP contribution in [0.5, 0.6) is 0 Å². The van der Waals surface area contributed by atoms with Crippen molar-refractivity contribution in [1.29, 1.82) is 0 Å². The lowest BCUT2D eigenvalue weighted by Crippen LogP contribution is -2.15. The van der Waals surface area contributed by atoms with Gasteiger partial charge >= 0.3 is 0 Å². The van der Waals surface area contributed by atoms with Crippen molar-refractivity contribution in [2.45, 2.75) is 34.0 Å². The van der Waals surface area contributed by atoms with Crippen LogP contribution in [0.1, 0.15) is 37.1 Å². The van der Waals surface area contributed by atoms with Crippen molar-refractivity contribution < 1.29 is 9.47 Å². The minimum atomic E-state index is -0.465. The van der Waals surface area contributed by atoms with E-state index >= 15 is 0 Å². The first-order valence-corrected chi connectivity index (χ1v) is 7.56. The van der Waals surface area contributed by atoms with Gasteiger partial charge in [0.15, 0.2) is 0 Å². The van der Waals surface area contributed by atoms with E-state index < -0.39 is 6.29 Å². The van der Waals surface area contributed by atoms with Crippen LogP contribution in [-0.2, 0) is 9.47 Å². The average Bonchev–Trinajstić information content (AvgIpc) is 2.51. The largest absolute Gasteiger partial charge is 0.347 e. The average molecular weight is 301 g/mol. The maximum absolute atomic E-state index is 5.67. The SMILES string of the molecule is CCOC(OCC)c1nc(Nc2ccccc2)nc(C)c1C. The number of aromatic nitrogens is 2. The van der Waals surface area contributed by atoms with E-state index in [0.717, 1.165) is 22.6 Å². The summed E-state index contributed by atoms with van der Waals surface area (Å²) in [4.78, 5) is 9.09. The Hall–Kier alpha value is -1.98. The van der Waals surface area contributed by atoms with Crippen LogP contribution in [0.3, 0.4) is 0 Å². The number of aryl methyl sites for hydroxylation is 1. The molecule has 0 aliphatic heterocycles. The predicted octanol–water partition coefficient (Wildman–Crippen LogP) is 3.91. The van der Waals surface area contributed by atoms with Crippen LogP contribution in [0, 0.1) is 13.8 Å². The van der Waals surface area contributed by atoms with Gasteiger partial charge < -0.3 is 14.8 Å². The molecule has 1 aromatic heterocycles. The fourth-order valence-corrected chi connectivity index (χ4v) is 2.10. The summed E-state index contributed by atoms with van der Waals surface area (Å²) in [6.45, 7) is 8.97. The molecule has 5 nitrogen and oxygen atoms in total. The molecule has 22 heavy (non-hydrogen) atoms. The Kier molecular flexibility index (Phi) is 5.86. The summed E-state index contributed by atoms with van der Waals surface area (Å²) < 4.78 is 11.3. The number of nitrogens with zero attached hydrogens (tertiary/aromatic N) is 2. The topological polar surface area (TPSA) is 56.3 Å². The number of ether oxygens (including phenoxy) is 2. The lowest BCUT2D eigenvalue weighted by atomic mass is 10.2. The molecule has 0 radical (unpaired) electrons. The van der Waals surface area contributed by atoms with Gasteiger partial charge in [0.25, 0.3) is 0 Å². The summed E-state index contributed by atoms with van der Waals surface area (Å²) >= 11 is 0. The van der Waals surface area contributed by atoms with Crippen molar-refractivity contribution in [3.63, 3.8) is 0 Å². The molecule has 2 aromatic rings. The number of benzene rings is 1. The summed E-state index contributed by atoms with van der Waals surface area (Å²) in [6.07, 6.45) is -0.465. The molecule has 0 saturated heterocycles. The van der Waals surface area contributed by atoms with Gasteiger partial charge in [0.05, 0.1) is 0 Å². The van der Waals surface area contributed by atoms with Gasteiger partial charge in [-0.3, -0.25) is 0 Å². The van der Waals surface area contributed by atoms with Crippen LogP contribution in [0.4, 0.5) is 11.6 Å². The zero-order chi connectivity index (χ0) is 15.9. The Morgan fingerprint density at radius 3 is 2.23 bits per heavy atom. The molecule has 0 amide bonds. The molecule has 5 heteroatoms. The zero-order valence-electron chi connectivity index (χ0n) is 13.6. The summed E-state index contributed by atoms with van der Waals surface area (Å²) in [5, 5.41) is 3.22. The van der Waals surface area contributed by atoms with Crippen molar-refractivity contribution in [3.8, 4) is 0 Å². The van der Waals surface area contributed by atoms with Gasteiger partial charge in [0.1, 0.15) is 5.69 Å². The fraction of sp³-hybridized carbons (Fsp3) is 0.412. The molecule has 0 spiro atoms. The Bertz CT molecular complexity index is 596. The maximum atomic E-state index is 5.67. The molecule has 1 heterocycles. The quantitative estimate of drug-likeness (QED) is 0.786. The second-order valence-electron chi connectivity index (χ2n) is 4.88. The number of para-hydroxylation sites is 1. The number of hydrogen-bond donors (Lipinski definition) is 1. The Balaban J connectivity index is 2.33. The van der Waals surface area contributed by atoms with Crippen LogP contribution in [0.15, 0.2) is 30.3 Å². The van der Waals surface area contributed by atoms with E-state index in [9.17, 15) is 0 Å². The molecule has 0 saturated carbocycles. The first-order chi connectivity index (χ1) is 10.7. The van der Waals surface area contributed by atoms with E-state index in [0.29, 0.717) is 19.2 Å². The van der Waals surface area contributed by atoms with E-state index in [2.05, 4.69) is 15.3 Å². The predicted molar refractivity (Wildman–Crippen MR) is 87.2 cm³/mol. The highest BCUT2D eigenvalue weighted by atomic mass is 16.7. The molecule has 1 N–H and O–H groups in total. The third kappa shape index (κ3) is 4.02. The molecule has 1 aromatic carbocycles. The molecule has 0 fully saturated rings. The highest BCUT2D eigenvalue weighted by Crippen LogP contribution is 2.24. The summed E-state index contributed by atoms with van der Waals surface area (Å²) in [6, 6.07) is 9.85. The third-order valence-corrected chi connectivity index (χ3v) is 3.32. The molecular weight excluding hydrogens is 278 g/mol. The van der Waals surface area contributed by atoms with Crippen LogP contribution >= 0.6 is 0 Å². The number of hydrogen-bond acceptors (Lipinski definition) is 5. The van der Waals surface area contributed by atoms with Crippen molar-refractivity contribution in [1.82, 2.24) is 9.97 Å². The van der Waals surface area contributed by atoms with Gasteiger partial charge in [0, 0.05) is 24.6 Å². The minimum Gasteiger partial charge on any atom is -0.347 e. The van der Waals surface area contributed by atoms with E-state index in [1.165, 1.54) is 0 Å². The first-order valence-electron chi connectivity index (χ1n) is 7.56. The van der Waals surface area contributed by atoms with Crippen LogP contribution in [0.25, 0.3) is 0 Å². The van der Waals surface area contributed by atoms with Crippen molar-refractivity contribution in [3.05, 3.63) is 47.3 Å². The van der Waals surface area contributed by atoms with Gasteiger partial charge in [-0.2, -0.15) is 0 Å². The molecule has 0 aliphatic carbocycles. The van der Waals surface area contributed by atoms with Crippen LogP contribution in [0.2, 0.25) is 0 Å². The first kappa shape index (κ1) is 16.4. The fourth-order valence-electron chi connectivity index (χ4n) is 2.10. The van der Waals surface area contributed by atoms with Gasteiger partial charge in [-0.25, -0.2) is 9.97 Å². The highest BCUT2D eigenvalue weighted by Gasteiger charge is 2.19. The van der Waals surface area contributed by atoms with Gasteiger partial charge in [-0.1, -0.05) is 18.2 Å². The molecule has 0 aliphatic rings. The zero-order valence-corrected chi connectivity index (χ0v) is 13.6. The van der Waals surface area contributed by atoms with Crippen molar-refractivity contribution in [2.75, 3.05) is 18.5 Å². The Morgan fingerprint density at radius 2 is 1.64 bits per heavy atom. The van der Waals surface area contributed by atoms with E-state index in [1.807, 2.05) is 58.0 Å². The van der Waals surface area contributed by atoms with Gasteiger partial charge in [-0.05, 0) is 45.4 Å². The number of anilines is 2. The second-order valence-corrected chi connectivity index (χ2v) is 4.88. The molecule has 0 unspecified atom stereocenters. The van der Waals surface area contributed by atoms with Crippen molar-refractivity contribution >= 4 is 11.6 Å². The van der Waals surface area contributed by atoms with Gasteiger partial charge in [0.2, 0.25) is 12.2 Å². The molecular formula is C17H23N3O2. The standard InChI is InChI=1S/C17H23N3O2/c1-5-21-16(22-6-2)15-12(3)13(4)18-17(20-15)19-14-10-8-7-9-11-14/h7-11,16H,5-6H2,1-4H3,(H,18,19,20). The third-order valence-electron chi connectivity index (χ3n) is 3.32. The summed E-state index contributed by atoms with van der Waals surface area (Å²) in [7, 11) is 0. The second kappa shape index (κ2) is 7.87. The minimum absolute atomic E-state index is 0.465. The summed E-state index contributed by atoms with van der Waals surface area (Å²) in [5.74, 6) is 0.550. The maximum Gasteiger partial charge on any atom is 0.227 e. The van der Waals surface area contributed by atoms with E-state index in [4.69, 9.17) is 9.47 Å². The molecule has 0 bridgehead atoms. The van der Waals surface area contributed by atoms with Gasteiger partial charge in [-0.15, -0.1) is 0 Å². The highest BCUT2D eigenvalue weighted by molar-refractivity contribution is 5.53. The van der Waals surface area contributed by atoms with Crippen LogP contribution in [-0.4, -0.2) is 23.2 Å². The Labute approximate surface area is 131 Å². The number of nitrogens with one attached hydrogen (secondary N) is 1. The molecule has 118 valence electrons. The lowest BCUT2D eigenvalue weighted by molar-refractivity contribution is -0.143. The van der Waals surface area contributed by atoms with Crippen molar-refractivity contribution in [2.24, 2.45) is 0 Å². The lowest BCUT2D eigenvalue weighted by Gasteiger charge is -2.20. The molecule has 2 rings (SSSR count). The van der Waals surface area contributed by atoms with E-state index in [1.54, 1.807) is 0 Å². The molecule has 0 atom stereocenters. The van der Waals surface area contributed by atoms with Crippen LogP contribution < -0.4 is 5.32 Å². The van der Waals surface area contributed by atoms with E-state index in [-0.39, 0.29) is 0 Å². The Morgan fingerprint density at radius 1 is 1.00 bits per heavy atom. The number of rotatable bonds is 7. The smallest absolute Gasteiger partial charge is 0.227 e. The monoisotopic (exact) mass is 301 g/mol.